The number of rotatable bonds is 4. The van der Waals surface area contributed by atoms with E-state index in [0.717, 1.165) is 31.7 Å². The number of anilines is 1. The summed E-state index contributed by atoms with van der Waals surface area (Å²) >= 11 is 5.22. The summed E-state index contributed by atoms with van der Waals surface area (Å²) in [4.78, 5) is 22.1. The molecule has 1 aliphatic rings. The number of aromatic carboxylic acids is 2. The molecule has 1 aliphatic carbocycles. The van der Waals surface area contributed by atoms with Crippen LogP contribution in [0.5, 0.6) is 0 Å². The molecule has 1 aromatic carbocycles. The van der Waals surface area contributed by atoms with Crippen molar-refractivity contribution < 1.29 is 19.8 Å². The maximum Gasteiger partial charge on any atom is 0.335 e. The predicted molar refractivity (Wildman–Crippen MR) is 86.6 cm³/mol. The molecule has 0 saturated heterocycles. The minimum absolute atomic E-state index is 0.0946. The van der Waals surface area contributed by atoms with E-state index in [-0.39, 0.29) is 11.1 Å². The van der Waals surface area contributed by atoms with Gasteiger partial charge in [0.2, 0.25) is 0 Å². The van der Waals surface area contributed by atoms with E-state index in [1.165, 1.54) is 18.6 Å². The molecule has 0 unspecified atom stereocenters. The zero-order valence-electron chi connectivity index (χ0n) is 12.0. The molecule has 0 heterocycles. The van der Waals surface area contributed by atoms with E-state index in [0.29, 0.717) is 16.8 Å². The van der Waals surface area contributed by atoms with Gasteiger partial charge < -0.3 is 20.8 Å². The first-order chi connectivity index (χ1) is 10.5. The van der Waals surface area contributed by atoms with Crippen molar-refractivity contribution in [2.75, 3.05) is 5.32 Å². The molecule has 0 amide bonds. The van der Waals surface area contributed by atoms with Crippen molar-refractivity contribution in [3.8, 4) is 0 Å². The number of carboxylic acids is 2. The molecule has 4 N–H and O–H groups in total. The number of hydrogen-bond donors (Lipinski definition) is 4. The molecule has 22 heavy (non-hydrogen) atoms. The Labute approximate surface area is 133 Å². The first kappa shape index (κ1) is 16.2. The van der Waals surface area contributed by atoms with Gasteiger partial charge in [0.05, 0.1) is 11.1 Å². The van der Waals surface area contributed by atoms with E-state index in [4.69, 9.17) is 22.4 Å². The van der Waals surface area contributed by atoms with E-state index in [1.807, 2.05) is 0 Å². The van der Waals surface area contributed by atoms with E-state index in [9.17, 15) is 9.59 Å². The lowest BCUT2D eigenvalue weighted by molar-refractivity contribution is 0.0696. The van der Waals surface area contributed by atoms with Crippen molar-refractivity contribution in [2.24, 2.45) is 0 Å². The van der Waals surface area contributed by atoms with Crippen LogP contribution in [0.1, 0.15) is 52.8 Å². The van der Waals surface area contributed by atoms with E-state index < -0.39 is 11.9 Å². The van der Waals surface area contributed by atoms with Gasteiger partial charge in [-0.1, -0.05) is 19.3 Å². The van der Waals surface area contributed by atoms with Crippen LogP contribution in [0.4, 0.5) is 5.69 Å². The Hall–Kier alpha value is -2.15. The highest BCUT2D eigenvalue weighted by molar-refractivity contribution is 7.80. The number of carbonyl (C=O) groups is 2. The summed E-state index contributed by atoms with van der Waals surface area (Å²) in [7, 11) is 0. The Balaban J connectivity index is 2.08. The standard InChI is InChI=1S/C15H18N2O4S/c18-13(19)9-6-10(14(20)21)8-12(7-9)17-15(22)16-11-4-2-1-3-5-11/h6-8,11H,1-5H2,(H,18,19)(H,20,21)(H2,16,17,22). The molecular formula is C15H18N2O4S. The van der Waals surface area contributed by atoms with Gasteiger partial charge in [-0.2, -0.15) is 0 Å². The second-order valence-electron chi connectivity index (χ2n) is 5.34. The van der Waals surface area contributed by atoms with Crippen LogP contribution < -0.4 is 10.6 Å². The van der Waals surface area contributed by atoms with Crippen LogP contribution in [0, 0.1) is 0 Å². The average Bonchev–Trinajstić information content (AvgIpc) is 2.47. The molecule has 1 saturated carbocycles. The molecule has 2 rings (SSSR count). The third-order valence-electron chi connectivity index (χ3n) is 3.63. The summed E-state index contributed by atoms with van der Waals surface area (Å²) in [6.07, 6.45) is 5.67. The van der Waals surface area contributed by atoms with Gasteiger partial charge >= 0.3 is 11.9 Å². The second-order valence-corrected chi connectivity index (χ2v) is 5.75. The number of carboxylic acid groups (broad SMARTS) is 2. The molecule has 1 fully saturated rings. The summed E-state index contributed by atoms with van der Waals surface area (Å²) in [6, 6.07) is 4.16. The molecule has 0 aliphatic heterocycles. The highest BCUT2D eigenvalue weighted by Crippen LogP contribution is 2.19. The first-order valence-corrected chi connectivity index (χ1v) is 7.56. The van der Waals surface area contributed by atoms with Gasteiger partial charge in [0.15, 0.2) is 5.11 Å². The van der Waals surface area contributed by atoms with Gasteiger partial charge in [-0.3, -0.25) is 0 Å². The Morgan fingerprint density at radius 3 is 2.05 bits per heavy atom. The summed E-state index contributed by atoms with van der Waals surface area (Å²) in [5.41, 5.74) is 0.163. The van der Waals surface area contributed by atoms with Gasteiger partial charge in [0.1, 0.15) is 0 Å². The number of thiocarbonyl (C=S) groups is 1. The van der Waals surface area contributed by atoms with Crippen molar-refractivity contribution in [2.45, 2.75) is 38.1 Å². The van der Waals surface area contributed by atoms with Crippen molar-refractivity contribution >= 4 is 35.0 Å². The molecule has 6 nitrogen and oxygen atoms in total. The molecule has 0 aromatic heterocycles. The smallest absolute Gasteiger partial charge is 0.335 e. The van der Waals surface area contributed by atoms with Crippen molar-refractivity contribution in [3.05, 3.63) is 29.3 Å². The third-order valence-corrected chi connectivity index (χ3v) is 3.85. The Morgan fingerprint density at radius 1 is 1.00 bits per heavy atom. The van der Waals surface area contributed by atoms with E-state index in [2.05, 4.69) is 10.6 Å². The fourth-order valence-electron chi connectivity index (χ4n) is 2.55. The number of hydrogen-bond acceptors (Lipinski definition) is 3. The van der Waals surface area contributed by atoms with Crippen LogP contribution in [-0.4, -0.2) is 33.3 Å². The van der Waals surface area contributed by atoms with Crippen LogP contribution >= 0.6 is 12.2 Å². The van der Waals surface area contributed by atoms with Gasteiger partial charge in [-0.05, 0) is 43.3 Å². The molecule has 7 heteroatoms. The molecule has 0 bridgehead atoms. The predicted octanol–water partition coefficient (Wildman–Crippen LogP) is 2.70. The maximum absolute atomic E-state index is 11.1. The van der Waals surface area contributed by atoms with Gasteiger partial charge in [-0.25, -0.2) is 9.59 Å². The summed E-state index contributed by atoms with van der Waals surface area (Å²) in [6.45, 7) is 0. The molecule has 0 atom stereocenters. The molecular weight excluding hydrogens is 304 g/mol. The lowest BCUT2D eigenvalue weighted by Crippen LogP contribution is -2.38. The maximum atomic E-state index is 11.1. The van der Waals surface area contributed by atoms with Crippen LogP contribution in [0.3, 0.4) is 0 Å². The summed E-state index contributed by atoms with van der Waals surface area (Å²) < 4.78 is 0. The minimum atomic E-state index is -1.18. The van der Waals surface area contributed by atoms with Crippen molar-refractivity contribution in [3.63, 3.8) is 0 Å². The lowest BCUT2D eigenvalue weighted by atomic mass is 9.96. The normalized spacial score (nSPS) is 15.1. The highest BCUT2D eigenvalue weighted by Gasteiger charge is 2.15. The number of benzene rings is 1. The van der Waals surface area contributed by atoms with Gasteiger partial charge in [0.25, 0.3) is 0 Å². The van der Waals surface area contributed by atoms with Gasteiger partial charge in [0, 0.05) is 11.7 Å². The van der Waals surface area contributed by atoms with Crippen LogP contribution in [0.25, 0.3) is 0 Å². The molecule has 0 spiro atoms. The first-order valence-electron chi connectivity index (χ1n) is 7.15. The zero-order chi connectivity index (χ0) is 16.1. The molecule has 0 radical (unpaired) electrons. The Morgan fingerprint density at radius 2 is 1.55 bits per heavy atom. The van der Waals surface area contributed by atoms with Crippen LogP contribution in [0.2, 0.25) is 0 Å². The van der Waals surface area contributed by atoms with Crippen molar-refractivity contribution in [1.29, 1.82) is 0 Å². The second kappa shape index (κ2) is 7.22. The Bertz CT molecular complexity index is 565. The monoisotopic (exact) mass is 322 g/mol. The van der Waals surface area contributed by atoms with Crippen LogP contribution in [-0.2, 0) is 0 Å². The zero-order valence-corrected chi connectivity index (χ0v) is 12.8. The highest BCUT2D eigenvalue weighted by atomic mass is 32.1. The Kier molecular flexibility index (Phi) is 5.32. The fourth-order valence-corrected chi connectivity index (χ4v) is 2.83. The summed E-state index contributed by atoms with van der Waals surface area (Å²) in [5.74, 6) is -2.37. The lowest BCUT2D eigenvalue weighted by Gasteiger charge is -2.24. The molecule has 118 valence electrons. The van der Waals surface area contributed by atoms with E-state index in [1.54, 1.807) is 0 Å². The average molecular weight is 322 g/mol. The van der Waals surface area contributed by atoms with Crippen LogP contribution in [0.15, 0.2) is 18.2 Å². The van der Waals surface area contributed by atoms with Gasteiger partial charge in [-0.15, -0.1) is 0 Å². The summed E-state index contributed by atoms with van der Waals surface area (Å²) in [5, 5.41) is 24.5. The third kappa shape index (κ3) is 4.42. The van der Waals surface area contributed by atoms with E-state index >= 15 is 0 Å². The topological polar surface area (TPSA) is 98.7 Å². The SMILES string of the molecule is O=C(O)c1cc(NC(=S)NC2CCCCC2)cc(C(=O)O)c1. The van der Waals surface area contributed by atoms with Crippen molar-refractivity contribution in [1.82, 2.24) is 5.32 Å². The minimum Gasteiger partial charge on any atom is -0.478 e. The fraction of sp³-hybridized carbons (Fsp3) is 0.400. The number of nitrogens with one attached hydrogen (secondary N) is 2. The molecule has 1 aromatic rings. The largest absolute Gasteiger partial charge is 0.478 e. The quantitative estimate of drug-likeness (QED) is 0.633.